The number of anilines is 1. The molecule has 0 heterocycles. The van der Waals surface area contributed by atoms with Crippen LogP contribution in [0.2, 0.25) is 0 Å². The van der Waals surface area contributed by atoms with Crippen molar-refractivity contribution in [3.63, 3.8) is 0 Å². The summed E-state index contributed by atoms with van der Waals surface area (Å²) in [4.78, 5) is 11.9. The van der Waals surface area contributed by atoms with Crippen LogP contribution in [-0.4, -0.2) is 6.41 Å². The third-order valence-electron chi connectivity index (χ3n) is 10.3. The molecule has 2 heteroatoms. The quantitative estimate of drug-likeness (QED) is 0.213. The lowest BCUT2D eigenvalue weighted by atomic mass is 9.67. The van der Waals surface area contributed by atoms with Crippen LogP contribution < -0.4 is 5.32 Å². The molecule has 0 aliphatic heterocycles. The third kappa shape index (κ3) is 2.86. The second kappa shape index (κ2) is 8.42. The summed E-state index contributed by atoms with van der Waals surface area (Å²) in [7, 11) is 0. The molecule has 6 aromatic carbocycles. The van der Waals surface area contributed by atoms with Crippen LogP contribution in [0.15, 0.2) is 127 Å². The Balaban J connectivity index is 1.48. The molecule has 0 unspecified atom stereocenters. The number of amides is 1. The molecule has 0 aromatic heterocycles. The molecular formula is C41H29NO. The highest BCUT2D eigenvalue weighted by atomic mass is 16.1. The van der Waals surface area contributed by atoms with E-state index < -0.39 is 5.41 Å². The van der Waals surface area contributed by atoms with E-state index in [0.29, 0.717) is 0 Å². The lowest BCUT2D eigenvalue weighted by Gasteiger charge is -2.36. The van der Waals surface area contributed by atoms with Crippen molar-refractivity contribution in [3.8, 4) is 44.5 Å². The number of para-hydroxylation sites is 1. The molecule has 1 amide bonds. The Labute approximate surface area is 251 Å². The molecule has 6 aromatic rings. The van der Waals surface area contributed by atoms with Gasteiger partial charge in [0, 0.05) is 11.0 Å². The number of benzene rings is 6. The molecule has 2 nitrogen and oxygen atoms in total. The molecule has 0 fully saturated rings. The molecule has 204 valence electrons. The van der Waals surface area contributed by atoms with Gasteiger partial charge in [-0.25, -0.2) is 0 Å². The molecular weight excluding hydrogens is 522 g/mol. The summed E-state index contributed by atoms with van der Waals surface area (Å²) >= 11 is 0. The van der Waals surface area contributed by atoms with Gasteiger partial charge in [-0.3, -0.25) is 4.79 Å². The van der Waals surface area contributed by atoms with Crippen LogP contribution in [0.5, 0.6) is 0 Å². The summed E-state index contributed by atoms with van der Waals surface area (Å²) in [6, 6.07) is 46.9. The summed E-state index contributed by atoms with van der Waals surface area (Å²) in [6.45, 7) is 4.58. The SMILES string of the molecule is CC1(C)c2cccc(c2NC=O)-c2ccccc2-c2c1ccc1c2-c2ccccc2C12c1ccccc1-c1ccccc12. The molecule has 3 aliphatic rings. The lowest BCUT2D eigenvalue weighted by Crippen LogP contribution is -2.27. The average Bonchev–Trinajstić information content (AvgIpc) is 3.52. The fourth-order valence-corrected chi connectivity index (χ4v) is 8.58. The van der Waals surface area contributed by atoms with Gasteiger partial charge in [0.05, 0.1) is 11.1 Å². The summed E-state index contributed by atoms with van der Waals surface area (Å²) in [6.07, 6.45) is 0.807. The van der Waals surface area contributed by atoms with Crippen molar-refractivity contribution < 1.29 is 4.79 Å². The van der Waals surface area contributed by atoms with Crippen molar-refractivity contribution in [2.75, 3.05) is 5.32 Å². The second-order valence-electron chi connectivity index (χ2n) is 12.5. The first-order valence-corrected chi connectivity index (χ1v) is 15.0. The van der Waals surface area contributed by atoms with Gasteiger partial charge >= 0.3 is 0 Å². The van der Waals surface area contributed by atoms with Crippen LogP contribution in [0, 0.1) is 0 Å². The van der Waals surface area contributed by atoms with Gasteiger partial charge in [-0.05, 0) is 72.3 Å². The molecule has 3 aliphatic carbocycles. The van der Waals surface area contributed by atoms with Crippen LogP contribution in [0.1, 0.15) is 47.2 Å². The van der Waals surface area contributed by atoms with Crippen molar-refractivity contribution in [2.45, 2.75) is 24.7 Å². The van der Waals surface area contributed by atoms with E-state index in [1.165, 1.54) is 61.2 Å². The molecule has 2 bridgehead atoms. The van der Waals surface area contributed by atoms with Gasteiger partial charge in [-0.1, -0.05) is 141 Å². The zero-order chi connectivity index (χ0) is 28.9. The number of hydrogen-bond acceptors (Lipinski definition) is 1. The third-order valence-corrected chi connectivity index (χ3v) is 10.3. The molecule has 1 N–H and O–H groups in total. The first kappa shape index (κ1) is 24.4. The largest absolute Gasteiger partial charge is 0.328 e. The topological polar surface area (TPSA) is 29.1 Å². The van der Waals surface area contributed by atoms with Crippen molar-refractivity contribution in [2.24, 2.45) is 0 Å². The zero-order valence-electron chi connectivity index (χ0n) is 24.1. The number of carbonyl (C=O) groups excluding carboxylic acids is 1. The van der Waals surface area contributed by atoms with Crippen LogP contribution in [0.4, 0.5) is 5.69 Å². The van der Waals surface area contributed by atoms with Crippen LogP contribution in [0.3, 0.4) is 0 Å². The van der Waals surface area contributed by atoms with E-state index in [0.717, 1.165) is 28.8 Å². The number of rotatable bonds is 2. The summed E-state index contributed by atoms with van der Waals surface area (Å²) in [5, 5.41) is 3.09. The minimum absolute atomic E-state index is 0.380. The molecule has 0 atom stereocenters. The van der Waals surface area contributed by atoms with Crippen LogP contribution in [-0.2, 0) is 15.6 Å². The van der Waals surface area contributed by atoms with Gasteiger partial charge in [-0.2, -0.15) is 0 Å². The van der Waals surface area contributed by atoms with E-state index in [2.05, 4.69) is 147 Å². The molecule has 0 saturated heterocycles. The Morgan fingerprint density at radius 3 is 1.56 bits per heavy atom. The summed E-state index contributed by atoms with van der Waals surface area (Å²) in [5.41, 5.74) is 17.8. The summed E-state index contributed by atoms with van der Waals surface area (Å²) in [5.74, 6) is 0. The van der Waals surface area contributed by atoms with Gasteiger partial charge < -0.3 is 5.32 Å². The molecule has 43 heavy (non-hydrogen) atoms. The monoisotopic (exact) mass is 551 g/mol. The van der Waals surface area contributed by atoms with Gasteiger partial charge in [0.15, 0.2) is 0 Å². The van der Waals surface area contributed by atoms with E-state index in [9.17, 15) is 4.79 Å². The van der Waals surface area contributed by atoms with Crippen molar-refractivity contribution >= 4 is 12.1 Å². The zero-order valence-corrected chi connectivity index (χ0v) is 24.1. The Hall–Kier alpha value is -5.21. The van der Waals surface area contributed by atoms with E-state index >= 15 is 0 Å². The normalized spacial score (nSPS) is 15.2. The number of fused-ring (bicyclic) bond motifs is 17. The Morgan fingerprint density at radius 1 is 0.442 bits per heavy atom. The number of hydrogen-bond donors (Lipinski definition) is 1. The molecule has 0 saturated carbocycles. The first-order chi connectivity index (χ1) is 21.1. The van der Waals surface area contributed by atoms with Gasteiger partial charge in [-0.15, -0.1) is 0 Å². The van der Waals surface area contributed by atoms with Gasteiger partial charge in [0.1, 0.15) is 0 Å². The highest BCUT2D eigenvalue weighted by molar-refractivity contribution is 6.05. The fraction of sp³-hybridized carbons (Fsp3) is 0.0976. The first-order valence-electron chi connectivity index (χ1n) is 15.0. The standard InChI is InChI=1S/C41H29NO/c1-40(2)34-22-23-35-38(37(34)28-15-4-3-12-25(28)29-17-11-21-36(40)39(29)42-24-43)30-16-7-10-20-33(30)41(35)31-18-8-5-13-26(31)27-14-6-9-19-32(27)41/h3-24H,1-2H3,(H,42,43). The smallest absolute Gasteiger partial charge is 0.211 e. The Kier molecular flexibility index (Phi) is 4.78. The fourth-order valence-electron chi connectivity index (χ4n) is 8.58. The van der Waals surface area contributed by atoms with Gasteiger partial charge in [0.2, 0.25) is 6.41 Å². The molecule has 9 rings (SSSR count). The average molecular weight is 552 g/mol. The second-order valence-corrected chi connectivity index (χ2v) is 12.5. The van der Waals surface area contributed by atoms with Crippen LogP contribution in [0.25, 0.3) is 44.5 Å². The lowest BCUT2D eigenvalue weighted by molar-refractivity contribution is -0.105. The maximum atomic E-state index is 11.9. The molecule has 0 radical (unpaired) electrons. The Bertz CT molecular complexity index is 2120. The van der Waals surface area contributed by atoms with Crippen molar-refractivity contribution in [1.29, 1.82) is 0 Å². The van der Waals surface area contributed by atoms with E-state index in [-0.39, 0.29) is 5.41 Å². The van der Waals surface area contributed by atoms with Crippen LogP contribution >= 0.6 is 0 Å². The van der Waals surface area contributed by atoms with Gasteiger partial charge in [0.25, 0.3) is 0 Å². The van der Waals surface area contributed by atoms with Crippen molar-refractivity contribution in [3.05, 3.63) is 161 Å². The maximum Gasteiger partial charge on any atom is 0.211 e. The predicted molar refractivity (Wildman–Crippen MR) is 175 cm³/mol. The minimum Gasteiger partial charge on any atom is -0.328 e. The van der Waals surface area contributed by atoms with E-state index in [4.69, 9.17) is 0 Å². The van der Waals surface area contributed by atoms with Crippen molar-refractivity contribution in [1.82, 2.24) is 0 Å². The minimum atomic E-state index is -0.395. The highest BCUT2D eigenvalue weighted by Crippen LogP contribution is 2.65. The summed E-state index contributed by atoms with van der Waals surface area (Å²) < 4.78 is 0. The number of nitrogens with one attached hydrogen (secondary N) is 1. The van der Waals surface area contributed by atoms with E-state index in [1.54, 1.807) is 0 Å². The highest BCUT2D eigenvalue weighted by Gasteiger charge is 2.53. The Morgan fingerprint density at radius 2 is 0.907 bits per heavy atom. The molecule has 1 spiro atoms. The van der Waals surface area contributed by atoms with E-state index in [1.807, 2.05) is 0 Å². The number of carbonyl (C=O) groups is 1. The maximum absolute atomic E-state index is 11.9. The predicted octanol–water partition coefficient (Wildman–Crippen LogP) is 9.57.